The van der Waals surface area contributed by atoms with E-state index in [9.17, 15) is 4.79 Å². The number of nitrogens with zero attached hydrogens (tertiary/aromatic N) is 1. The van der Waals surface area contributed by atoms with E-state index in [1.54, 1.807) is 6.07 Å². The summed E-state index contributed by atoms with van der Waals surface area (Å²) in [6, 6.07) is 7.51. The summed E-state index contributed by atoms with van der Waals surface area (Å²) < 4.78 is 0. The summed E-state index contributed by atoms with van der Waals surface area (Å²) in [6.45, 7) is 10.4. The van der Waals surface area contributed by atoms with E-state index in [1.807, 2.05) is 26.0 Å². The van der Waals surface area contributed by atoms with Crippen molar-refractivity contribution in [2.45, 2.75) is 47.0 Å². The number of hydrogen-bond donors (Lipinski definition) is 0. The van der Waals surface area contributed by atoms with Gasteiger partial charge in [-0.3, -0.25) is 4.79 Å². The van der Waals surface area contributed by atoms with Crippen LogP contribution in [-0.2, 0) is 4.79 Å². The van der Waals surface area contributed by atoms with Gasteiger partial charge in [-0.2, -0.15) is 5.26 Å². The first-order chi connectivity index (χ1) is 11.1. The highest BCUT2D eigenvalue weighted by atomic mass is 35.5. The first-order valence-corrected chi connectivity index (χ1v) is 9.16. The van der Waals surface area contributed by atoms with E-state index in [0.29, 0.717) is 17.0 Å². The van der Waals surface area contributed by atoms with E-state index >= 15 is 0 Å². The second-order valence-electron chi connectivity index (χ2n) is 7.58. The molecule has 0 saturated heterocycles. The van der Waals surface area contributed by atoms with Gasteiger partial charge in [-0.1, -0.05) is 64.5 Å². The van der Waals surface area contributed by atoms with Crippen molar-refractivity contribution < 1.29 is 4.79 Å². The highest BCUT2D eigenvalue weighted by molar-refractivity contribution is 7.80. The van der Waals surface area contributed by atoms with Crippen LogP contribution in [0.25, 0.3) is 0 Å². The van der Waals surface area contributed by atoms with Gasteiger partial charge in [0.25, 0.3) is 0 Å². The van der Waals surface area contributed by atoms with Crippen molar-refractivity contribution in [3.63, 3.8) is 0 Å². The summed E-state index contributed by atoms with van der Waals surface area (Å²) in [5, 5.41) is 9.47. The summed E-state index contributed by atoms with van der Waals surface area (Å²) in [5.74, 6) is 0.607. The smallest absolute Gasteiger partial charge is 0.142 e. The first-order valence-electron chi connectivity index (χ1n) is 8.37. The fourth-order valence-corrected chi connectivity index (χ4v) is 4.26. The Balaban J connectivity index is 2.42. The Morgan fingerprint density at radius 2 is 2.00 bits per heavy atom. The summed E-state index contributed by atoms with van der Waals surface area (Å²) >= 11 is 11.8. The van der Waals surface area contributed by atoms with Crippen LogP contribution in [0.4, 0.5) is 0 Å². The molecule has 0 radical (unpaired) electrons. The third-order valence-electron chi connectivity index (χ3n) is 6.03. The fraction of sp³-hybridized carbons (Fsp3) is 0.550. The minimum Gasteiger partial charge on any atom is -0.299 e. The topological polar surface area (TPSA) is 40.9 Å². The molecule has 1 saturated carbocycles. The van der Waals surface area contributed by atoms with E-state index in [-0.39, 0.29) is 29.5 Å². The van der Waals surface area contributed by atoms with E-state index in [1.165, 1.54) is 0 Å². The Bertz CT molecular complexity index is 719. The highest BCUT2D eigenvalue weighted by Gasteiger charge is 2.46. The molecule has 24 heavy (non-hydrogen) atoms. The maximum atomic E-state index is 13.2. The van der Waals surface area contributed by atoms with Crippen LogP contribution in [-0.4, -0.2) is 10.6 Å². The van der Waals surface area contributed by atoms with Gasteiger partial charge < -0.3 is 0 Å². The zero-order valence-corrected chi connectivity index (χ0v) is 16.5. The van der Waals surface area contributed by atoms with Crippen LogP contribution in [0.2, 0.25) is 5.02 Å². The predicted octanol–water partition coefficient (Wildman–Crippen LogP) is 5.57. The van der Waals surface area contributed by atoms with E-state index < -0.39 is 5.41 Å². The van der Waals surface area contributed by atoms with Crippen LogP contribution in [0.5, 0.6) is 0 Å². The molecule has 1 fully saturated rings. The van der Waals surface area contributed by atoms with Crippen LogP contribution in [0.15, 0.2) is 18.2 Å². The molecule has 2 rings (SSSR count). The average Bonchev–Trinajstić information content (AvgIpc) is 2.60. The van der Waals surface area contributed by atoms with Gasteiger partial charge in [-0.05, 0) is 46.7 Å². The number of thiocarbonyl (C=S) groups is 1. The Kier molecular flexibility index (Phi) is 5.52. The molecule has 0 amide bonds. The van der Waals surface area contributed by atoms with Crippen molar-refractivity contribution in [2.75, 3.05) is 0 Å². The fourth-order valence-electron chi connectivity index (χ4n) is 3.64. The number of Topliss-reactive ketones (excluding diaryl/α,β-unsaturated/α-hetero) is 1. The lowest BCUT2D eigenvalue weighted by Gasteiger charge is -2.34. The molecule has 1 aliphatic carbocycles. The van der Waals surface area contributed by atoms with Crippen LogP contribution in [0.1, 0.15) is 58.1 Å². The van der Waals surface area contributed by atoms with Crippen molar-refractivity contribution in [2.24, 2.45) is 23.2 Å². The molecule has 0 aromatic heterocycles. The van der Waals surface area contributed by atoms with Gasteiger partial charge in [0.2, 0.25) is 0 Å². The molecule has 128 valence electrons. The largest absolute Gasteiger partial charge is 0.299 e. The Morgan fingerprint density at radius 1 is 1.38 bits per heavy atom. The van der Waals surface area contributed by atoms with Crippen molar-refractivity contribution in [1.29, 1.82) is 5.26 Å². The molecule has 4 heteroatoms. The molecular weight excluding hydrogens is 338 g/mol. The lowest BCUT2D eigenvalue weighted by molar-refractivity contribution is -0.134. The molecule has 0 N–H and O–H groups in total. The van der Waals surface area contributed by atoms with Gasteiger partial charge in [0.05, 0.1) is 10.6 Å². The lowest BCUT2D eigenvalue weighted by Crippen LogP contribution is -2.37. The monoisotopic (exact) mass is 361 g/mol. The Labute approximate surface area is 155 Å². The first kappa shape index (κ1) is 19.1. The Morgan fingerprint density at radius 3 is 2.54 bits per heavy atom. The van der Waals surface area contributed by atoms with Crippen LogP contribution >= 0.6 is 23.8 Å². The molecule has 1 aromatic carbocycles. The van der Waals surface area contributed by atoms with E-state index in [2.05, 4.69) is 26.8 Å². The molecule has 1 aromatic rings. The second-order valence-corrected chi connectivity index (χ2v) is 8.51. The van der Waals surface area contributed by atoms with Gasteiger partial charge in [-0.15, -0.1) is 0 Å². The van der Waals surface area contributed by atoms with Gasteiger partial charge in [0, 0.05) is 11.3 Å². The maximum absolute atomic E-state index is 13.2. The SMILES string of the molecule is CC1C(=S)CC(C(C)c2ccc(C#N)c(Cl)c2)C(=O)C(C)(C)C1C. The number of ketones is 1. The average molecular weight is 362 g/mol. The minimum atomic E-state index is -0.407. The van der Waals surface area contributed by atoms with Crippen LogP contribution < -0.4 is 0 Å². The Hall–Kier alpha value is -1.24. The molecule has 4 atom stereocenters. The molecule has 0 aliphatic heterocycles. The van der Waals surface area contributed by atoms with Gasteiger partial charge in [0.15, 0.2) is 0 Å². The van der Waals surface area contributed by atoms with E-state index in [4.69, 9.17) is 29.1 Å². The van der Waals surface area contributed by atoms with Crippen molar-refractivity contribution in [3.05, 3.63) is 34.3 Å². The summed E-state index contributed by atoms with van der Waals surface area (Å²) in [7, 11) is 0. The molecule has 0 heterocycles. The number of carbonyl (C=O) groups is 1. The zero-order chi connectivity index (χ0) is 18.2. The van der Waals surface area contributed by atoms with E-state index in [0.717, 1.165) is 10.4 Å². The molecule has 0 spiro atoms. The van der Waals surface area contributed by atoms with Gasteiger partial charge >= 0.3 is 0 Å². The third kappa shape index (κ3) is 3.27. The summed E-state index contributed by atoms with van der Waals surface area (Å²) in [5.41, 5.74) is 1.03. The van der Waals surface area contributed by atoms with Gasteiger partial charge in [-0.25, -0.2) is 0 Å². The minimum absolute atomic E-state index is 0.0115. The normalized spacial score (nSPS) is 28.1. The quantitative estimate of drug-likeness (QED) is 0.510. The maximum Gasteiger partial charge on any atom is 0.142 e. The number of benzene rings is 1. The van der Waals surface area contributed by atoms with Crippen molar-refractivity contribution in [3.8, 4) is 6.07 Å². The lowest BCUT2D eigenvalue weighted by atomic mass is 9.68. The number of halogens is 1. The molecule has 0 bridgehead atoms. The number of rotatable bonds is 2. The molecule has 2 nitrogen and oxygen atoms in total. The molecule has 1 aliphatic rings. The zero-order valence-electron chi connectivity index (χ0n) is 14.9. The van der Waals surface area contributed by atoms with Crippen molar-refractivity contribution >= 4 is 34.5 Å². The second kappa shape index (κ2) is 6.94. The number of carbonyl (C=O) groups excluding carboxylic acids is 1. The number of hydrogen-bond acceptors (Lipinski definition) is 3. The standard InChI is InChI=1S/C20H24ClNOS/c1-11-13(3)20(4,5)19(23)16(9-18(11)24)12(2)14-6-7-15(10-22)17(21)8-14/h6-8,11-13,16H,9H2,1-5H3. The van der Waals surface area contributed by atoms with Gasteiger partial charge in [0.1, 0.15) is 11.9 Å². The highest BCUT2D eigenvalue weighted by Crippen LogP contribution is 2.45. The predicted molar refractivity (Wildman–Crippen MR) is 102 cm³/mol. The van der Waals surface area contributed by atoms with Crippen LogP contribution in [0, 0.1) is 34.5 Å². The third-order valence-corrected chi connectivity index (χ3v) is 6.88. The summed E-state index contributed by atoms with van der Waals surface area (Å²) in [4.78, 5) is 14.2. The van der Waals surface area contributed by atoms with Crippen LogP contribution in [0.3, 0.4) is 0 Å². The summed E-state index contributed by atoms with van der Waals surface area (Å²) in [6.07, 6.45) is 0.641. The van der Waals surface area contributed by atoms with Crippen molar-refractivity contribution in [1.82, 2.24) is 0 Å². The molecule has 4 unspecified atom stereocenters. The molecular formula is C20H24ClNOS. The number of nitriles is 1.